The summed E-state index contributed by atoms with van der Waals surface area (Å²) < 4.78 is 12.8. The number of methoxy groups -OCH3 is 2. The van der Waals surface area contributed by atoms with Crippen molar-refractivity contribution in [3.05, 3.63) is 40.1 Å². The molecule has 0 saturated carbocycles. The van der Waals surface area contributed by atoms with Gasteiger partial charge in [-0.25, -0.2) is 0 Å². The standard InChI is InChI=1S/C15H17BrN2O3/c1-4-7-18-14(12(16)9-17-18)15(19)11-8-10(20-2)5-6-13(11)21-3/h5-6,8-9H,4,7H2,1-3H3. The molecule has 1 heterocycles. The van der Waals surface area contributed by atoms with Gasteiger partial charge in [0, 0.05) is 6.54 Å². The van der Waals surface area contributed by atoms with Crippen LogP contribution in [0.15, 0.2) is 28.9 Å². The molecule has 2 aromatic rings. The molecule has 6 heteroatoms. The predicted molar refractivity (Wildman–Crippen MR) is 83.2 cm³/mol. The van der Waals surface area contributed by atoms with Gasteiger partial charge in [0.25, 0.3) is 0 Å². The van der Waals surface area contributed by atoms with E-state index in [2.05, 4.69) is 21.0 Å². The van der Waals surface area contributed by atoms with E-state index in [1.807, 2.05) is 6.92 Å². The Labute approximate surface area is 132 Å². The van der Waals surface area contributed by atoms with Gasteiger partial charge in [0.05, 0.1) is 30.5 Å². The fourth-order valence-corrected chi connectivity index (χ4v) is 2.56. The average Bonchev–Trinajstić information content (AvgIpc) is 2.87. The van der Waals surface area contributed by atoms with E-state index in [0.717, 1.165) is 6.42 Å². The summed E-state index contributed by atoms with van der Waals surface area (Å²) >= 11 is 3.39. The molecule has 0 aliphatic carbocycles. The summed E-state index contributed by atoms with van der Waals surface area (Å²) in [6.45, 7) is 2.72. The number of carbonyl (C=O) groups is 1. The molecule has 0 saturated heterocycles. The zero-order valence-electron chi connectivity index (χ0n) is 12.2. The number of hydrogen-bond acceptors (Lipinski definition) is 4. The average molecular weight is 353 g/mol. The third-order valence-corrected chi connectivity index (χ3v) is 3.68. The van der Waals surface area contributed by atoms with Gasteiger partial charge in [-0.2, -0.15) is 5.10 Å². The third-order valence-electron chi connectivity index (χ3n) is 3.10. The Morgan fingerprint density at radius 2 is 2.10 bits per heavy atom. The smallest absolute Gasteiger partial charge is 0.216 e. The molecular formula is C15H17BrN2O3. The number of aryl methyl sites for hydroxylation is 1. The van der Waals surface area contributed by atoms with Crippen LogP contribution in [0.25, 0.3) is 0 Å². The summed E-state index contributed by atoms with van der Waals surface area (Å²) in [5.74, 6) is 0.970. The lowest BCUT2D eigenvalue weighted by atomic mass is 10.1. The Balaban J connectivity index is 2.51. The van der Waals surface area contributed by atoms with Crippen molar-refractivity contribution in [1.82, 2.24) is 9.78 Å². The van der Waals surface area contributed by atoms with E-state index in [9.17, 15) is 4.79 Å². The van der Waals surface area contributed by atoms with E-state index in [4.69, 9.17) is 9.47 Å². The van der Waals surface area contributed by atoms with E-state index >= 15 is 0 Å². The van der Waals surface area contributed by atoms with Gasteiger partial charge in [-0.1, -0.05) is 6.92 Å². The van der Waals surface area contributed by atoms with Gasteiger partial charge in [-0.05, 0) is 40.5 Å². The summed E-state index contributed by atoms with van der Waals surface area (Å²) in [5.41, 5.74) is 0.971. The van der Waals surface area contributed by atoms with Crippen LogP contribution in [0.2, 0.25) is 0 Å². The number of ether oxygens (including phenoxy) is 2. The number of aromatic nitrogens is 2. The topological polar surface area (TPSA) is 53.4 Å². The lowest BCUT2D eigenvalue weighted by Gasteiger charge is -2.11. The van der Waals surface area contributed by atoms with E-state index in [-0.39, 0.29) is 5.78 Å². The van der Waals surface area contributed by atoms with E-state index in [1.54, 1.807) is 36.2 Å². The van der Waals surface area contributed by atoms with E-state index < -0.39 is 0 Å². The summed E-state index contributed by atoms with van der Waals surface area (Å²) in [4.78, 5) is 12.8. The molecule has 0 radical (unpaired) electrons. The van der Waals surface area contributed by atoms with Crippen molar-refractivity contribution < 1.29 is 14.3 Å². The maximum atomic E-state index is 12.8. The van der Waals surface area contributed by atoms with Crippen molar-refractivity contribution in [3.63, 3.8) is 0 Å². The molecule has 5 nitrogen and oxygen atoms in total. The Hall–Kier alpha value is -1.82. The zero-order valence-corrected chi connectivity index (χ0v) is 13.8. The SMILES string of the molecule is CCCn1ncc(Br)c1C(=O)c1cc(OC)ccc1OC. The Morgan fingerprint density at radius 3 is 2.71 bits per heavy atom. The molecule has 0 atom stereocenters. The highest BCUT2D eigenvalue weighted by atomic mass is 79.9. The van der Waals surface area contributed by atoms with Crippen LogP contribution in [0.5, 0.6) is 11.5 Å². The molecule has 0 N–H and O–H groups in total. The Morgan fingerprint density at radius 1 is 1.33 bits per heavy atom. The van der Waals surface area contributed by atoms with Crippen molar-refractivity contribution in [3.8, 4) is 11.5 Å². The lowest BCUT2D eigenvalue weighted by molar-refractivity contribution is 0.102. The first-order valence-electron chi connectivity index (χ1n) is 6.60. The van der Waals surface area contributed by atoms with Gasteiger partial charge in [0.1, 0.15) is 17.2 Å². The number of nitrogens with zero attached hydrogens (tertiary/aromatic N) is 2. The number of ketones is 1. The lowest BCUT2D eigenvalue weighted by Crippen LogP contribution is -2.13. The van der Waals surface area contributed by atoms with E-state index in [0.29, 0.717) is 33.8 Å². The van der Waals surface area contributed by atoms with Crippen molar-refractivity contribution in [2.24, 2.45) is 0 Å². The summed E-state index contributed by atoms with van der Waals surface area (Å²) in [6, 6.07) is 5.16. The first-order valence-corrected chi connectivity index (χ1v) is 7.39. The predicted octanol–water partition coefficient (Wildman–Crippen LogP) is 3.30. The minimum absolute atomic E-state index is 0.149. The maximum absolute atomic E-state index is 12.8. The summed E-state index contributed by atoms with van der Waals surface area (Å²) in [7, 11) is 3.10. The molecule has 1 aromatic carbocycles. The van der Waals surface area contributed by atoms with Crippen molar-refractivity contribution in [2.75, 3.05) is 14.2 Å². The van der Waals surface area contributed by atoms with Crippen LogP contribution in [-0.4, -0.2) is 29.8 Å². The first-order chi connectivity index (χ1) is 10.1. The second-order valence-electron chi connectivity index (χ2n) is 4.46. The minimum Gasteiger partial charge on any atom is -0.497 e. The molecule has 21 heavy (non-hydrogen) atoms. The van der Waals surface area contributed by atoms with Gasteiger partial charge in [0.2, 0.25) is 5.78 Å². The second kappa shape index (κ2) is 6.76. The molecule has 2 rings (SSSR count). The highest BCUT2D eigenvalue weighted by Crippen LogP contribution is 2.28. The Bertz CT molecular complexity index is 652. The monoisotopic (exact) mass is 352 g/mol. The van der Waals surface area contributed by atoms with Crippen molar-refractivity contribution in [1.29, 1.82) is 0 Å². The van der Waals surface area contributed by atoms with Gasteiger partial charge in [0.15, 0.2) is 0 Å². The quantitative estimate of drug-likeness (QED) is 0.748. The fraction of sp³-hybridized carbons (Fsp3) is 0.333. The van der Waals surface area contributed by atoms with E-state index in [1.165, 1.54) is 7.11 Å². The number of rotatable bonds is 6. The molecule has 0 spiro atoms. The largest absolute Gasteiger partial charge is 0.497 e. The normalized spacial score (nSPS) is 10.5. The molecular weight excluding hydrogens is 336 g/mol. The molecule has 0 aliphatic rings. The number of benzene rings is 1. The molecule has 112 valence electrons. The van der Waals surface area contributed by atoms with Crippen LogP contribution in [0.3, 0.4) is 0 Å². The molecule has 0 amide bonds. The zero-order chi connectivity index (χ0) is 15.4. The molecule has 0 fully saturated rings. The molecule has 0 aliphatic heterocycles. The van der Waals surface area contributed by atoms with Crippen LogP contribution in [-0.2, 0) is 6.54 Å². The van der Waals surface area contributed by atoms with Crippen LogP contribution in [0.1, 0.15) is 29.4 Å². The van der Waals surface area contributed by atoms with Gasteiger partial charge < -0.3 is 9.47 Å². The van der Waals surface area contributed by atoms with Gasteiger partial charge in [-0.15, -0.1) is 0 Å². The first kappa shape index (κ1) is 15.6. The fourth-order valence-electron chi connectivity index (χ4n) is 2.09. The number of carbonyl (C=O) groups excluding carboxylic acids is 1. The van der Waals surface area contributed by atoms with Gasteiger partial charge >= 0.3 is 0 Å². The number of hydrogen-bond donors (Lipinski definition) is 0. The maximum Gasteiger partial charge on any atom is 0.216 e. The number of halogens is 1. The Kier molecular flexibility index (Phi) is 5.01. The minimum atomic E-state index is -0.149. The third kappa shape index (κ3) is 3.10. The molecule has 0 unspecified atom stereocenters. The summed E-state index contributed by atoms with van der Waals surface area (Å²) in [6.07, 6.45) is 2.53. The molecule has 0 bridgehead atoms. The van der Waals surface area contributed by atoms with Crippen LogP contribution in [0.4, 0.5) is 0 Å². The highest BCUT2D eigenvalue weighted by molar-refractivity contribution is 9.10. The molecule has 1 aromatic heterocycles. The van der Waals surface area contributed by atoms with Crippen molar-refractivity contribution in [2.45, 2.75) is 19.9 Å². The highest BCUT2D eigenvalue weighted by Gasteiger charge is 2.22. The van der Waals surface area contributed by atoms with Gasteiger partial charge in [-0.3, -0.25) is 9.48 Å². The van der Waals surface area contributed by atoms with Crippen LogP contribution >= 0.6 is 15.9 Å². The van der Waals surface area contributed by atoms with Crippen molar-refractivity contribution >= 4 is 21.7 Å². The van der Waals surface area contributed by atoms with Crippen LogP contribution in [0, 0.1) is 0 Å². The summed E-state index contributed by atoms with van der Waals surface area (Å²) in [5, 5.41) is 4.23. The second-order valence-corrected chi connectivity index (χ2v) is 5.31. The van der Waals surface area contributed by atoms with Crippen LogP contribution < -0.4 is 9.47 Å².